The Morgan fingerprint density at radius 1 is 1.29 bits per heavy atom. The molecule has 1 heterocycles. The molecule has 0 aromatic carbocycles. The molecule has 2 fully saturated rings. The Morgan fingerprint density at radius 3 is 2.65 bits per heavy atom. The Hall–Kier alpha value is -0.420. The van der Waals surface area contributed by atoms with Crippen LogP contribution in [0.1, 0.15) is 38.5 Å². The summed E-state index contributed by atoms with van der Waals surface area (Å²) in [6.07, 6.45) is 6.92. The fourth-order valence-corrected chi connectivity index (χ4v) is 4.00. The second kappa shape index (κ2) is 5.06. The molecule has 1 saturated heterocycles. The zero-order valence-electron chi connectivity index (χ0n) is 10.4. The van der Waals surface area contributed by atoms with Crippen LogP contribution in [0.3, 0.4) is 0 Å². The minimum Gasteiger partial charge on any atom is -0.299 e. The Kier molecular flexibility index (Phi) is 3.88. The molecule has 1 aliphatic carbocycles. The summed E-state index contributed by atoms with van der Waals surface area (Å²) in [6, 6.07) is 0. The predicted molar refractivity (Wildman–Crippen MR) is 66.1 cm³/mol. The van der Waals surface area contributed by atoms with Gasteiger partial charge in [-0.25, -0.2) is 12.7 Å². The maximum absolute atomic E-state index is 11.6. The summed E-state index contributed by atoms with van der Waals surface area (Å²) in [7, 11) is -3.06. The molecule has 98 valence electrons. The van der Waals surface area contributed by atoms with Crippen molar-refractivity contribution in [1.29, 1.82) is 0 Å². The van der Waals surface area contributed by atoms with E-state index >= 15 is 0 Å². The number of hydrogen-bond acceptors (Lipinski definition) is 3. The summed E-state index contributed by atoms with van der Waals surface area (Å²) >= 11 is 0. The van der Waals surface area contributed by atoms with E-state index in [1.165, 1.54) is 6.26 Å². The molecule has 2 aliphatic rings. The SMILES string of the molecule is CS(=O)(=O)N1CCCC(CC2CCCC2=O)C1. The molecule has 2 rings (SSSR count). The second-order valence-corrected chi connectivity index (χ2v) is 7.40. The highest BCUT2D eigenvalue weighted by atomic mass is 32.2. The third-order valence-corrected chi connectivity index (χ3v) is 5.27. The molecule has 4 nitrogen and oxygen atoms in total. The summed E-state index contributed by atoms with van der Waals surface area (Å²) in [5.41, 5.74) is 0. The summed E-state index contributed by atoms with van der Waals surface area (Å²) in [6.45, 7) is 1.26. The molecule has 2 atom stereocenters. The van der Waals surface area contributed by atoms with Crippen LogP contribution < -0.4 is 0 Å². The molecule has 0 radical (unpaired) electrons. The van der Waals surface area contributed by atoms with E-state index in [1.807, 2.05) is 0 Å². The first-order chi connectivity index (χ1) is 7.97. The van der Waals surface area contributed by atoms with Crippen molar-refractivity contribution in [3.05, 3.63) is 0 Å². The number of carbonyl (C=O) groups excluding carboxylic acids is 1. The summed E-state index contributed by atoms with van der Waals surface area (Å²) in [4.78, 5) is 11.6. The third-order valence-electron chi connectivity index (χ3n) is 4.00. The largest absolute Gasteiger partial charge is 0.299 e. The van der Waals surface area contributed by atoms with Crippen LogP contribution in [0.5, 0.6) is 0 Å². The van der Waals surface area contributed by atoms with Crippen molar-refractivity contribution in [2.45, 2.75) is 38.5 Å². The number of rotatable bonds is 3. The highest BCUT2D eigenvalue weighted by Crippen LogP contribution is 2.31. The van der Waals surface area contributed by atoms with Gasteiger partial charge in [-0.2, -0.15) is 0 Å². The average molecular weight is 259 g/mol. The van der Waals surface area contributed by atoms with E-state index in [2.05, 4.69) is 0 Å². The van der Waals surface area contributed by atoms with Crippen LogP contribution in [-0.4, -0.2) is 37.9 Å². The van der Waals surface area contributed by atoms with Gasteiger partial charge in [-0.05, 0) is 38.0 Å². The van der Waals surface area contributed by atoms with Gasteiger partial charge in [0.05, 0.1) is 6.26 Å². The van der Waals surface area contributed by atoms with Crippen molar-refractivity contribution in [3.8, 4) is 0 Å². The lowest BCUT2D eigenvalue weighted by atomic mass is 9.88. The number of sulfonamides is 1. The van der Waals surface area contributed by atoms with Crippen LogP contribution >= 0.6 is 0 Å². The zero-order chi connectivity index (χ0) is 12.5. The van der Waals surface area contributed by atoms with E-state index < -0.39 is 10.0 Å². The van der Waals surface area contributed by atoms with E-state index in [0.717, 1.165) is 38.5 Å². The second-order valence-electron chi connectivity index (χ2n) is 5.42. The van der Waals surface area contributed by atoms with Gasteiger partial charge in [0.1, 0.15) is 5.78 Å². The van der Waals surface area contributed by atoms with E-state index in [0.29, 0.717) is 24.8 Å². The Balaban J connectivity index is 1.91. The molecule has 0 bridgehead atoms. The van der Waals surface area contributed by atoms with E-state index in [-0.39, 0.29) is 5.92 Å². The highest BCUT2D eigenvalue weighted by Gasteiger charge is 2.31. The Bertz CT molecular complexity index is 391. The van der Waals surface area contributed by atoms with Crippen molar-refractivity contribution in [3.63, 3.8) is 0 Å². The van der Waals surface area contributed by atoms with Crippen LogP contribution in [0, 0.1) is 11.8 Å². The fraction of sp³-hybridized carbons (Fsp3) is 0.917. The van der Waals surface area contributed by atoms with Gasteiger partial charge in [-0.3, -0.25) is 4.79 Å². The molecule has 1 aliphatic heterocycles. The van der Waals surface area contributed by atoms with Gasteiger partial charge < -0.3 is 0 Å². The standard InChI is InChI=1S/C12H21NO3S/c1-17(15,16)13-7-3-4-10(9-13)8-11-5-2-6-12(11)14/h10-11H,2-9H2,1H3. The summed E-state index contributed by atoms with van der Waals surface area (Å²) in [5, 5.41) is 0. The number of carbonyl (C=O) groups is 1. The molecular formula is C12H21NO3S. The van der Waals surface area contributed by atoms with Gasteiger partial charge in [0.15, 0.2) is 0 Å². The molecule has 2 unspecified atom stereocenters. The molecule has 0 amide bonds. The maximum atomic E-state index is 11.6. The van der Waals surface area contributed by atoms with Gasteiger partial charge in [0, 0.05) is 25.4 Å². The zero-order valence-corrected chi connectivity index (χ0v) is 11.2. The molecule has 0 N–H and O–H groups in total. The van der Waals surface area contributed by atoms with E-state index in [9.17, 15) is 13.2 Å². The lowest BCUT2D eigenvalue weighted by Crippen LogP contribution is -2.39. The smallest absolute Gasteiger partial charge is 0.211 e. The molecule has 0 aromatic rings. The van der Waals surface area contributed by atoms with Crippen LogP contribution in [0.15, 0.2) is 0 Å². The van der Waals surface area contributed by atoms with Crippen molar-refractivity contribution in [1.82, 2.24) is 4.31 Å². The van der Waals surface area contributed by atoms with E-state index in [1.54, 1.807) is 4.31 Å². The normalized spacial score (nSPS) is 31.9. The number of nitrogens with zero attached hydrogens (tertiary/aromatic N) is 1. The molecule has 0 spiro atoms. The number of hydrogen-bond donors (Lipinski definition) is 0. The lowest BCUT2D eigenvalue weighted by molar-refractivity contribution is -0.121. The quantitative estimate of drug-likeness (QED) is 0.770. The van der Waals surface area contributed by atoms with Gasteiger partial charge in [-0.15, -0.1) is 0 Å². The van der Waals surface area contributed by atoms with Crippen LogP contribution in [0.2, 0.25) is 0 Å². The van der Waals surface area contributed by atoms with Crippen molar-refractivity contribution in [2.24, 2.45) is 11.8 Å². The van der Waals surface area contributed by atoms with Crippen molar-refractivity contribution >= 4 is 15.8 Å². The fourth-order valence-electron chi connectivity index (χ4n) is 3.06. The monoisotopic (exact) mass is 259 g/mol. The van der Waals surface area contributed by atoms with Gasteiger partial charge >= 0.3 is 0 Å². The third kappa shape index (κ3) is 3.28. The highest BCUT2D eigenvalue weighted by molar-refractivity contribution is 7.88. The van der Waals surface area contributed by atoms with Gasteiger partial charge in [-0.1, -0.05) is 0 Å². The topological polar surface area (TPSA) is 54.5 Å². The Morgan fingerprint density at radius 2 is 2.06 bits per heavy atom. The number of ketones is 1. The van der Waals surface area contributed by atoms with Crippen molar-refractivity contribution in [2.75, 3.05) is 19.3 Å². The minimum absolute atomic E-state index is 0.208. The predicted octanol–water partition coefficient (Wildman–Crippen LogP) is 1.42. The van der Waals surface area contributed by atoms with Crippen LogP contribution in [0.4, 0.5) is 0 Å². The van der Waals surface area contributed by atoms with Crippen LogP contribution in [-0.2, 0) is 14.8 Å². The van der Waals surface area contributed by atoms with E-state index in [4.69, 9.17) is 0 Å². The van der Waals surface area contributed by atoms with Gasteiger partial charge in [0.2, 0.25) is 10.0 Å². The first-order valence-electron chi connectivity index (χ1n) is 6.44. The van der Waals surface area contributed by atoms with Crippen LogP contribution in [0.25, 0.3) is 0 Å². The maximum Gasteiger partial charge on any atom is 0.211 e. The molecule has 5 heteroatoms. The summed E-state index contributed by atoms with van der Waals surface area (Å²) in [5.74, 6) is 0.978. The molecule has 1 saturated carbocycles. The number of piperidine rings is 1. The summed E-state index contributed by atoms with van der Waals surface area (Å²) < 4.78 is 24.6. The lowest BCUT2D eigenvalue weighted by Gasteiger charge is -2.32. The average Bonchev–Trinajstić information content (AvgIpc) is 2.64. The first-order valence-corrected chi connectivity index (χ1v) is 8.29. The van der Waals surface area contributed by atoms with Crippen molar-refractivity contribution < 1.29 is 13.2 Å². The molecule has 17 heavy (non-hydrogen) atoms. The molecule has 0 aromatic heterocycles. The minimum atomic E-state index is -3.06. The first kappa shape index (κ1) is 13.0. The van der Waals surface area contributed by atoms with Gasteiger partial charge in [0.25, 0.3) is 0 Å². The number of Topliss-reactive ketones (excluding diaryl/α,β-unsaturated/α-hetero) is 1. The molecular weight excluding hydrogens is 238 g/mol. The Labute approximate surface area is 103 Å².